The number of hydrogen-bond donors (Lipinski definition) is 0. The highest BCUT2D eigenvalue weighted by atomic mass is 19.4. The topological polar surface area (TPSA) is 17.8 Å². The van der Waals surface area contributed by atoms with Crippen LogP contribution in [0.15, 0.2) is 42.6 Å². The Morgan fingerprint density at radius 3 is 2.68 bits per heavy atom. The zero-order chi connectivity index (χ0) is 14.5. The summed E-state index contributed by atoms with van der Waals surface area (Å²) in [6.07, 6.45) is 3.31. The van der Waals surface area contributed by atoms with E-state index >= 15 is 0 Å². The summed E-state index contributed by atoms with van der Waals surface area (Å²) in [7, 11) is 0. The molecule has 0 aliphatic carbocycles. The molecule has 0 aliphatic rings. The highest BCUT2D eigenvalue weighted by molar-refractivity contribution is 5.75. The third kappa shape index (κ3) is 4.43. The lowest BCUT2D eigenvalue weighted by molar-refractivity contribution is -0.142. The van der Waals surface area contributed by atoms with E-state index in [1.165, 1.54) is 6.20 Å². The van der Waals surface area contributed by atoms with Gasteiger partial charge in [-0.15, -0.1) is 0 Å². The van der Waals surface area contributed by atoms with Crippen LogP contribution in [0.3, 0.4) is 0 Å². The van der Waals surface area contributed by atoms with Crippen LogP contribution in [0.2, 0.25) is 0 Å². The number of halogens is 3. The van der Waals surface area contributed by atoms with E-state index in [0.717, 1.165) is 10.3 Å². The van der Waals surface area contributed by atoms with Crippen molar-refractivity contribution in [3.05, 3.63) is 48.3 Å². The Kier molecular flexibility index (Phi) is 5.15. The van der Waals surface area contributed by atoms with Crippen LogP contribution < -0.4 is 0 Å². The Bertz CT molecular complexity index is 493. The maximum atomic E-state index is 12.4. The van der Waals surface area contributed by atoms with Gasteiger partial charge in [0.15, 0.2) is 0 Å². The Balaban J connectivity index is 3.03. The number of nitrogens with zero attached hydrogens (tertiary/aromatic N) is 2. The molecular formula is C14H17F3N2. The van der Waals surface area contributed by atoms with E-state index in [0.29, 0.717) is 17.7 Å². The highest BCUT2D eigenvalue weighted by Crippen LogP contribution is 2.26. The third-order valence-corrected chi connectivity index (χ3v) is 2.61. The second-order valence-electron chi connectivity index (χ2n) is 4.04. The van der Waals surface area contributed by atoms with Crippen molar-refractivity contribution in [1.82, 2.24) is 9.78 Å². The predicted molar refractivity (Wildman–Crippen MR) is 70.5 cm³/mol. The minimum atomic E-state index is -4.29. The van der Waals surface area contributed by atoms with Crippen molar-refractivity contribution in [2.24, 2.45) is 0 Å². The maximum Gasteiger partial charge on any atom is 0.408 e. The fourth-order valence-corrected chi connectivity index (χ4v) is 1.69. The molecule has 0 bridgehead atoms. The molecule has 1 aromatic rings. The highest BCUT2D eigenvalue weighted by Gasteiger charge is 2.29. The van der Waals surface area contributed by atoms with E-state index in [9.17, 15) is 13.2 Å². The molecule has 0 saturated heterocycles. The van der Waals surface area contributed by atoms with Crippen molar-refractivity contribution in [2.45, 2.75) is 33.0 Å². The van der Waals surface area contributed by atoms with Crippen LogP contribution in [-0.4, -0.2) is 16.0 Å². The van der Waals surface area contributed by atoms with Crippen LogP contribution in [0.1, 0.15) is 26.0 Å². The standard InChI is InChI=1S/C14H17F3N2/c1-4-6-7-12(5-2)11(3)13-8-9-18-19(13)10-14(15,16)17/h4,6-9H,3,5,10H2,1-2H3/b6-4-,12-7-. The number of hydrogen-bond acceptors (Lipinski definition) is 1. The van der Waals surface area contributed by atoms with Gasteiger partial charge in [-0.1, -0.05) is 31.7 Å². The smallest absolute Gasteiger partial charge is 0.256 e. The fraction of sp³-hybridized carbons (Fsp3) is 0.357. The van der Waals surface area contributed by atoms with Gasteiger partial charge < -0.3 is 0 Å². The molecule has 1 rings (SSSR count). The third-order valence-electron chi connectivity index (χ3n) is 2.61. The lowest BCUT2D eigenvalue weighted by Gasteiger charge is -2.13. The van der Waals surface area contributed by atoms with E-state index in [1.54, 1.807) is 6.07 Å². The first-order valence-corrected chi connectivity index (χ1v) is 5.99. The fourth-order valence-electron chi connectivity index (χ4n) is 1.69. The Morgan fingerprint density at radius 2 is 2.16 bits per heavy atom. The zero-order valence-electron chi connectivity index (χ0n) is 11.0. The van der Waals surface area contributed by atoms with Crippen LogP contribution in [0.5, 0.6) is 0 Å². The molecule has 0 spiro atoms. The predicted octanol–water partition coefficient (Wildman–Crippen LogP) is 4.37. The van der Waals surface area contributed by atoms with Gasteiger partial charge in [-0.25, -0.2) is 0 Å². The average molecular weight is 270 g/mol. The SMILES string of the molecule is C=C(/C(=C\C=C/C)CC)c1ccnn1CC(F)(F)F. The van der Waals surface area contributed by atoms with E-state index in [1.807, 2.05) is 32.1 Å². The van der Waals surface area contributed by atoms with Crippen molar-refractivity contribution >= 4 is 5.57 Å². The molecule has 5 heteroatoms. The van der Waals surface area contributed by atoms with E-state index in [4.69, 9.17) is 0 Å². The van der Waals surface area contributed by atoms with Crippen LogP contribution in [-0.2, 0) is 6.54 Å². The minimum absolute atomic E-state index is 0.398. The van der Waals surface area contributed by atoms with E-state index in [2.05, 4.69) is 11.7 Å². The number of rotatable bonds is 5. The molecule has 19 heavy (non-hydrogen) atoms. The molecule has 0 aliphatic heterocycles. The van der Waals surface area contributed by atoms with Crippen molar-refractivity contribution in [1.29, 1.82) is 0 Å². The largest absolute Gasteiger partial charge is 0.408 e. The summed E-state index contributed by atoms with van der Waals surface area (Å²) in [6.45, 7) is 6.59. The van der Waals surface area contributed by atoms with Gasteiger partial charge in [0.05, 0.1) is 5.69 Å². The summed E-state index contributed by atoms with van der Waals surface area (Å²) in [5.74, 6) is 0. The molecule has 0 N–H and O–H groups in total. The minimum Gasteiger partial charge on any atom is -0.256 e. The van der Waals surface area contributed by atoms with Gasteiger partial charge in [0.1, 0.15) is 6.54 Å². The number of alkyl halides is 3. The van der Waals surface area contributed by atoms with Gasteiger partial charge in [0.25, 0.3) is 0 Å². The normalized spacial score (nSPS) is 13.2. The second kappa shape index (κ2) is 6.41. The first-order valence-electron chi connectivity index (χ1n) is 5.99. The summed E-state index contributed by atoms with van der Waals surface area (Å²) in [5.41, 5.74) is 1.86. The van der Waals surface area contributed by atoms with Gasteiger partial charge in [-0.2, -0.15) is 18.3 Å². The summed E-state index contributed by atoms with van der Waals surface area (Å²) in [4.78, 5) is 0. The van der Waals surface area contributed by atoms with Crippen molar-refractivity contribution < 1.29 is 13.2 Å². The summed E-state index contributed by atoms with van der Waals surface area (Å²) in [5, 5.41) is 3.71. The maximum absolute atomic E-state index is 12.4. The van der Waals surface area contributed by atoms with Crippen molar-refractivity contribution in [3.63, 3.8) is 0 Å². The van der Waals surface area contributed by atoms with E-state index in [-0.39, 0.29) is 0 Å². The van der Waals surface area contributed by atoms with Gasteiger partial charge in [-0.3, -0.25) is 4.68 Å². The van der Waals surface area contributed by atoms with Crippen molar-refractivity contribution in [3.8, 4) is 0 Å². The number of aromatic nitrogens is 2. The molecule has 104 valence electrons. The molecule has 0 fully saturated rings. The van der Waals surface area contributed by atoms with Crippen LogP contribution in [0.4, 0.5) is 13.2 Å². The quantitative estimate of drug-likeness (QED) is 0.726. The van der Waals surface area contributed by atoms with Crippen molar-refractivity contribution in [2.75, 3.05) is 0 Å². The van der Waals surface area contributed by atoms with Crippen LogP contribution in [0, 0.1) is 0 Å². The summed E-state index contributed by atoms with van der Waals surface area (Å²) < 4.78 is 38.2. The Morgan fingerprint density at radius 1 is 1.47 bits per heavy atom. The van der Waals surface area contributed by atoms with Gasteiger partial charge in [0.2, 0.25) is 0 Å². The first-order chi connectivity index (χ1) is 8.89. The molecule has 0 saturated carbocycles. The second-order valence-corrected chi connectivity index (χ2v) is 4.04. The monoisotopic (exact) mass is 270 g/mol. The average Bonchev–Trinajstić information content (AvgIpc) is 2.75. The molecule has 0 unspecified atom stereocenters. The first kappa shape index (κ1) is 15.3. The summed E-state index contributed by atoms with van der Waals surface area (Å²) >= 11 is 0. The molecule has 0 amide bonds. The Hall–Kier alpha value is -1.78. The summed E-state index contributed by atoms with van der Waals surface area (Å²) in [6, 6.07) is 1.55. The lowest BCUT2D eigenvalue weighted by Crippen LogP contribution is -2.20. The number of allylic oxidation sites excluding steroid dienone is 5. The van der Waals surface area contributed by atoms with Gasteiger partial charge in [-0.05, 0) is 30.6 Å². The molecule has 1 aromatic heterocycles. The van der Waals surface area contributed by atoms with E-state index < -0.39 is 12.7 Å². The molecule has 0 radical (unpaired) electrons. The van der Waals surface area contributed by atoms with Gasteiger partial charge >= 0.3 is 6.18 Å². The molecular weight excluding hydrogens is 253 g/mol. The molecule has 0 aromatic carbocycles. The molecule has 0 atom stereocenters. The molecule has 2 nitrogen and oxygen atoms in total. The molecule has 1 heterocycles. The zero-order valence-corrected chi connectivity index (χ0v) is 11.0. The lowest BCUT2D eigenvalue weighted by atomic mass is 10.0. The Labute approximate surface area is 110 Å². The van der Waals surface area contributed by atoms with Gasteiger partial charge in [0, 0.05) is 6.20 Å². The van der Waals surface area contributed by atoms with Crippen LogP contribution in [0.25, 0.3) is 5.57 Å². The van der Waals surface area contributed by atoms with Crippen LogP contribution >= 0.6 is 0 Å².